The average molecular weight is 291 g/mol. The second-order valence-corrected chi connectivity index (χ2v) is 4.65. The second-order valence-electron chi connectivity index (χ2n) is 4.25. The Kier molecular flexibility index (Phi) is 4.62. The molecule has 1 heterocycles. The first-order valence-corrected chi connectivity index (χ1v) is 6.14. The van der Waals surface area contributed by atoms with Gasteiger partial charge in [0.1, 0.15) is 30.2 Å². The summed E-state index contributed by atoms with van der Waals surface area (Å²) in [4.78, 5) is 0. The molecule has 4 N–H and O–H groups in total. The van der Waals surface area contributed by atoms with Crippen molar-refractivity contribution >= 4 is 11.6 Å². The molecule has 2 rings (SSSR count). The van der Waals surface area contributed by atoms with Gasteiger partial charge in [-0.3, -0.25) is 0 Å². The van der Waals surface area contributed by atoms with Crippen molar-refractivity contribution in [3.8, 4) is 5.75 Å². The fourth-order valence-electron chi connectivity index (χ4n) is 1.83. The van der Waals surface area contributed by atoms with Crippen LogP contribution in [-0.4, -0.2) is 57.7 Å². The van der Waals surface area contributed by atoms with Crippen molar-refractivity contribution < 1.29 is 29.9 Å². The molecule has 7 heteroatoms. The Balaban J connectivity index is 2.13. The van der Waals surface area contributed by atoms with Gasteiger partial charge in [-0.25, -0.2) is 0 Å². The molecule has 6 nitrogen and oxygen atoms in total. The van der Waals surface area contributed by atoms with Crippen LogP contribution in [0.1, 0.15) is 0 Å². The Morgan fingerprint density at radius 1 is 1.11 bits per heavy atom. The fourth-order valence-corrected chi connectivity index (χ4v) is 2.01. The lowest BCUT2D eigenvalue weighted by Crippen LogP contribution is -2.60. The first kappa shape index (κ1) is 14.5. The first-order chi connectivity index (χ1) is 9.04. The Morgan fingerprint density at radius 2 is 1.79 bits per heavy atom. The summed E-state index contributed by atoms with van der Waals surface area (Å²) < 4.78 is 10.6. The number of para-hydroxylation sites is 1. The van der Waals surface area contributed by atoms with Crippen molar-refractivity contribution in [3.63, 3.8) is 0 Å². The predicted octanol–water partition coefficient (Wildman–Crippen LogP) is -0.481. The number of benzene rings is 1. The van der Waals surface area contributed by atoms with Crippen molar-refractivity contribution in [2.45, 2.75) is 30.7 Å². The molecule has 1 aromatic carbocycles. The largest absolute Gasteiger partial charge is 0.460 e. The zero-order chi connectivity index (χ0) is 14.0. The molecule has 1 fully saturated rings. The third-order valence-electron chi connectivity index (χ3n) is 2.93. The van der Waals surface area contributed by atoms with Gasteiger partial charge in [0.25, 0.3) is 0 Å². The molecule has 0 bridgehead atoms. The number of rotatable bonds is 3. The van der Waals surface area contributed by atoms with Gasteiger partial charge in [-0.1, -0.05) is 23.7 Å². The third-order valence-corrected chi connectivity index (χ3v) is 3.24. The monoisotopic (exact) mass is 290 g/mol. The maximum atomic E-state index is 9.79. The van der Waals surface area contributed by atoms with E-state index in [4.69, 9.17) is 26.2 Å². The number of ether oxygens (including phenoxy) is 2. The van der Waals surface area contributed by atoms with E-state index in [9.17, 15) is 15.3 Å². The van der Waals surface area contributed by atoms with Crippen molar-refractivity contribution in [3.05, 3.63) is 29.3 Å². The molecule has 0 unspecified atom stereocenters. The van der Waals surface area contributed by atoms with Gasteiger partial charge >= 0.3 is 0 Å². The van der Waals surface area contributed by atoms with E-state index in [1.54, 1.807) is 24.3 Å². The highest BCUT2D eigenvalue weighted by Gasteiger charge is 2.44. The van der Waals surface area contributed by atoms with Crippen LogP contribution in [-0.2, 0) is 4.74 Å². The minimum atomic E-state index is -1.47. The molecule has 0 spiro atoms. The normalized spacial score (nSPS) is 35.1. The van der Waals surface area contributed by atoms with E-state index < -0.39 is 37.3 Å². The molecule has 0 aromatic heterocycles. The van der Waals surface area contributed by atoms with Gasteiger partial charge in [0.15, 0.2) is 0 Å². The van der Waals surface area contributed by atoms with E-state index in [1.165, 1.54) is 0 Å². The van der Waals surface area contributed by atoms with Gasteiger partial charge in [0.05, 0.1) is 11.6 Å². The van der Waals surface area contributed by atoms with Crippen molar-refractivity contribution in [1.29, 1.82) is 0 Å². The summed E-state index contributed by atoms with van der Waals surface area (Å²) in [7, 11) is 0. The van der Waals surface area contributed by atoms with Gasteiger partial charge in [-0.2, -0.15) is 0 Å². The van der Waals surface area contributed by atoms with E-state index >= 15 is 0 Å². The molecule has 1 saturated heterocycles. The van der Waals surface area contributed by atoms with Crippen LogP contribution < -0.4 is 4.74 Å². The standard InChI is InChI=1S/C12H15ClO6/c13-6-3-1-2-4-7(6)18-12-11(17)10(16)9(15)8(5-14)19-12/h1-4,8-12,14-17H,5H2/t8-,9+,10+,11+,12-/m0/s1. The average Bonchev–Trinajstić information content (AvgIpc) is 2.41. The molecule has 19 heavy (non-hydrogen) atoms. The number of aliphatic hydroxyl groups excluding tert-OH is 4. The summed E-state index contributed by atoms with van der Waals surface area (Å²) >= 11 is 5.90. The molecule has 106 valence electrons. The molecular weight excluding hydrogens is 276 g/mol. The van der Waals surface area contributed by atoms with Crippen molar-refractivity contribution in [1.82, 2.24) is 0 Å². The van der Waals surface area contributed by atoms with Crippen LogP contribution >= 0.6 is 11.6 Å². The maximum Gasteiger partial charge on any atom is 0.229 e. The summed E-state index contributed by atoms with van der Waals surface area (Å²) in [5, 5.41) is 38.4. The third kappa shape index (κ3) is 3.00. The zero-order valence-electron chi connectivity index (χ0n) is 9.89. The molecule has 1 aromatic rings. The molecule has 1 aliphatic rings. The van der Waals surface area contributed by atoms with Crippen LogP contribution in [0, 0.1) is 0 Å². The highest BCUT2D eigenvalue weighted by Crippen LogP contribution is 2.28. The van der Waals surface area contributed by atoms with Crippen molar-refractivity contribution in [2.75, 3.05) is 6.61 Å². The van der Waals surface area contributed by atoms with E-state index in [0.717, 1.165) is 0 Å². The molecule has 5 atom stereocenters. The van der Waals surface area contributed by atoms with Crippen LogP contribution in [0.5, 0.6) is 5.75 Å². The smallest absolute Gasteiger partial charge is 0.229 e. The first-order valence-electron chi connectivity index (χ1n) is 5.76. The predicted molar refractivity (Wildman–Crippen MR) is 65.8 cm³/mol. The quantitative estimate of drug-likeness (QED) is 0.600. The molecule has 0 amide bonds. The fraction of sp³-hybridized carbons (Fsp3) is 0.500. The Hall–Kier alpha value is -0.890. The molecule has 0 saturated carbocycles. The lowest BCUT2D eigenvalue weighted by molar-refractivity contribution is -0.277. The Labute approximate surface area is 114 Å². The van der Waals surface area contributed by atoms with Gasteiger partial charge < -0.3 is 29.9 Å². The van der Waals surface area contributed by atoms with Gasteiger partial charge in [0.2, 0.25) is 6.29 Å². The lowest BCUT2D eigenvalue weighted by Gasteiger charge is -2.39. The van der Waals surface area contributed by atoms with E-state index in [2.05, 4.69) is 0 Å². The van der Waals surface area contributed by atoms with Crippen LogP contribution in [0.4, 0.5) is 0 Å². The summed E-state index contributed by atoms with van der Waals surface area (Å²) in [6, 6.07) is 6.57. The minimum absolute atomic E-state index is 0.272. The molecule has 1 aliphatic heterocycles. The van der Waals surface area contributed by atoms with E-state index in [-0.39, 0.29) is 5.75 Å². The molecular formula is C12H15ClO6. The minimum Gasteiger partial charge on any atom is -0.460 e. The zero-order valence-corrected chi connectivity index (χ0v) is 10.6. The number of hydrogen-bond acceptors (Lipinski definition) is 6. The summed E-state index contributed by atoms with van der Waals surface area (Å²) in [6.07, 6.45) is -6.57. The van der Waals surface area contributed by atoms with Gasteiger partial charge in [-0.15, -0.1) is 0 Å². The molecule has 0 radical (unpaired) electrons. The number of aliphatic hydroxyl groups is 4. The van der Waals surface area contributed by atoms with Crippen LogP contribution in [0.15, 0.2) is 24.3 Å². The number of hydrogen-bond donors (Lipinski definition) is 4. The highest BCUT2D eigenvalue weighted by atomic mass is 35.5. The highest BCUT2D eigenvalue weighted by molar-refractivity contribution is 6.32. The second kappa shape index (κ2) is 6.04. The Morgan fingerprint density at radius 3 is 2.42 bits per heavy atom. The SMILES string of the molecule is OC[C@@H]1O[C@H](Oc2ccccc2Cl)[C@H](O)[C@H](O)[C@@H]1O. The van der Waals surface area contributed by atoms with Gasteiger partial charge in [0, 0.05) is 0 Å². The maximum absolute atomic E-state index is 9.79. The van der Waals surface area contributed by atoms with E-state index in [1.807, 2.05) is 0 Å². The lowest BCUT2D eigenvalue weighted by atomic mass is 9.99. The van der Waals surface area contributed by atoms with E-state index in [0.29, 0.717) is 5.02 Å². The summed E-state index contributed by atoms with van der Waals surface area (Å²) in [5.41, 5.74) is 0. The summed E-state index contributed by atoms with van der Waals surface area (Å²) in [5.74, 6) is 0.272. The topological polar surface area (TPSA) is 99.4 Å². The molecule has 0 aliphatic carbocycles. The Bertz CT molecular complexity index is 426. The van der Waals surface area contributed by atoms with Crippen molar-refractivity contribution in [2.24, 2.45) is 0 Å². The summed E-state index contributed by atoms with van der Waals surface area (Å²) in [6.45, 7) is -0.507. The number of halogens is 1. The van der Waals surface area contributed by atoms with Crippen LogP contribution in [0.2, 0.25) is 5.02 Å². The van der Waals surface area contributed by atoms with Crippen LogP contribution in [0.3, 0.4) is 0 Å². The van der Waals surface area contributed by atoms with Crippen LogP contribution in [0.25, 0.3) is 0 Å². The van der Waals surface area contributed by atoms with Gasteiger partial charge in [-0.05, 0) is 12.1 Å².